The summed E-state index contributed by atoms with van der Waals surface area (Å²) < 4.78 is 6.58. The van der Waals surface area contributed by atoms with Crippen molar-refractivity contribution in [1.29, 1.82) is 0 Å². The molecule has 2 amide bonds. The quantitative estimate of drug-likeness (QED) is 0.294. The van der Waals surface area contributed by atoms with Crippen LogP contribution in [0.15, 0.2) is 84.0 Å². The molecule has 0 unspecified atom stereocenters. The molecule has 3 aromatic rings. The fourth-order valence-corrected chi connectivity index (χ4v) is 3.03. The summed E-state index contributed by atoms with van der Waals surface area (Å²) in [6.45, 7) is -0.168. The van der Waals surface area contributed by atoms with E-state index in [-0.39, 0.29) is 12.5 Å². The Labute approximate surface area is 182 Å². The summed E-state index contributed by atoms with van der Waals surface area (Å²) in [6.07, 6.45) is 1.51. The van der Waals surface area contributed by atoms with Crippen molar-refractivity contribution in [1.82, 2.24) is 10.7 Å². The van der Waals surface area contributed by atoms with Crippen molar-refractivity contribution >= 4 is 40.6 Å². The van der Waals surface area contributed by atoms with Gasteiger partial charge in [-0.2, -0.15) is 5.10 Å². The first kappa shape index (κ1) is 20.5. The summed E-state index contributed by atoms with van der Waals surface area (Å²) >= 11 is 2.08. The minimum absolute atomic E-state index is 0.168. The van der Waals surface area contributed by atoms with E-state index in [9.17, 15) is 9.59 Å². The summed E-state index contributed by atoms with van der Waals surface area (Å²) in [7, 11) is 0. The Balaban J connectivity index is 1.49. The maximum absolute atomic E-state index is 12.1. The third-order valence-electron chi connectivity index (χ3n) is 3.77. The lowest BCUT2D eigenvalue weighted by Crippen LogP contribution is -2.35. The van der Waals surface area contributed by atoms with E-state index >= 15 is 0 Å². The molecule has 0 aliphatic carbocycles. The number of carbonyl (C=O) groups excluding carboxylic acids is 2. The van der Waals surface area contributed by atoms with E-state index in [0.29, 0.717) is 11.3 Å². The Kier molecular flexibility index (Phi) is 7.34. The number of hydrogen-bond acceptors (Lipinski definition) is 4. The van der Waals surface area contributed by atoms with Gasteiger partial charge in [0.25, 0.3) is 11.8 Å². The standard InChI is InChI=1S/C22H18IN3O3/c23-20-12-5-4-11-19(20)22(28)24-15-21(27)26-25-14-16-7-6-10-18(13-16)29-17-8-2-1-3-9-17/h1-14H,15H2,(H,24,28)(H,26,27). The van der Waals surface area contributed by atoms with Gasteiger partial charge >= 0.3 is 0 Å². The molecule has 3 rings (SSSR count). The third kappa shape index (κ3) is 6.42. The van der Waals surface area contributed by atoms with Crippen LogP contribution in [-0.4, -0.2) is 24.6 Å². The number of amides is 2. The van der Waals surface area contributed by atoms with E-state index in [0.717, 1.165) is 14.9 Å². The maximum Gasteiger partial charge on any atom is 0.259 e. The molecule has 0 heterocycles. The fourth-order valence-electron chi connectivity index (χ4n) is 2.40. The Morgan fingerprint density at radius 3 is 2.45 bits per heavy atom. The predicted molar refractivity (Wildman–Crippen MR) is 120 cm³/mol. The van der Waals surface area contributed by atoms with Gasteiger partial charge in [-0.3, -0.25) is 9.59 Å². The van der Waals surface area contributed by atoms with Gasteiger partial charge in [0.2, 0.25) is 0 Å². The van der Waals surface area contributed by atoms with Crippen LogP contribution >= 0.6 is 22.6 Å². The van der Waals surface area contributed by atoms with Crippen LogP contribution < -0.4 is 15.5 Å². The van der Waals surface area contributed by atoms with E-state index in [1.165, 1.54) is 6.21 Å². The third-order valence-corrected chi connectivity index (χ3v) is 4.71. The first-order chi connectivity index (χ1) is 14.1. The second kappa shape index (κ2) is 10.4. The van der Waals surface area contributed by atoms with Crippen LogP contribution in [0.1, 0.15) is 15.9 Å². The lowest BCUT2D eigenvalue weighted by atomic mass is 10.2. The average molecular weight is 499 g/mol. The van der Waals surface area contributed by atoms with E-state index in [2.05, 4.69) is 38.4 Å². The van der Waals surface area contributed by atoms with Crippen LogP contribution in [0.4, 0.5) is 0 Å². The second-order valence-corrected chi connectivity index (χ2v) is 7.11. The molecule has 146 valence electrons. The minimum Gasteiger partial charge on any atom is -0.457 e. The zero-order valence-corrected chi connectivity index (χ0v) is 17.5. The summed E-state index contributed by atoms with van der Waals surface area (Å²) in [5.74, 6) is 0.673. The van der Waals surface area contributed by atoms with Crippen molar-refractivity contribution < 1.29 is 14.3 Å². The first-order valence-corrected chi connectivity index (χ1v) is 9.87. The predicted octanol–water partition coefficient (Wildman–Crippen LogP) is 3.96. The largest absolute Gasteiger partial charge is 0.457 e. The van der Waals surface area contributed by atoms with Crippen LogP contribution in [0.25, 0.3) is 0 Å². The van der Waals surface area contributed by atoms with Crippen molar-refractivity contribution in [3.05, 3.63) is 93.6 Å². The number of benzene rings is 3. The van der Waals surface area contributed by atoms with Crippen LogP contribution in [0.5, 0.6) is 11.5 Å². The van der Waals surface area contributed by atoms with Crippen LogP contribution in [0.3, 0.4) is 0 Å². The normalized spacial score (nSPS) is 10.5. The van der Waals surface area contributed by atoms with Gasteiger partial charge in [-0.05, 0) is 64.6 Å². The zero-order chi connectivity index (χ0) is 20.5. The molecule has 0 aliphatic heterocycles. The molecular weight excluding hydrogens is 481 g/mol. The molecule has 2 N–H and O–H groups in total. The van der Waals surface area contributed by atoms with Crippen molar-refractivity contribution in [2.45, 2.75) is 0 Å². The van der Waals surface area contributed by atoms with Crippen LogP contribution in [0, 0.1) is 3.57 Å². The van der Waals surface area contributed by atoms with Crippen molar-refractivity contribution in [2.24, 2.45) is 5.10 Å². The number of halogens is 1. The van der Waals surface area contributed by atoms with Gasteiger partial charge < -0.3 is 10.1 Å². The van der Waals surface area contributed by atoms with Gasteiger partial charge in [0.05, 0.1) is 18.3 Å². The zero-order valence-electron chi connectivity index (χ0n) is 15.3. The molecule has 0 fully saturated rings. The molecule has 0 aromatic heterocycles. The molecule has 7 heteroatoms. The number of ether oxygens (including phenoxy) is 1. The maximum atomic E-state index is 12.1. The molecule has 6 nitrogen and oxygen atoms in total. The number of rotatable bonds is 7. The Morgan fingerprint density at radius 2 is 1.66 bits per heavy atom. The second-order valence-electron chi connectivity index (χ2n) is 5.94. The summed E-state index contributed by atoms with van der Waals surface area (Å²) in [4.78, 5) is 24.0. The highest BCUT2D eigenvalue weighted by Crippen LogP contribution is 2.21. The van der Waals surface area contributed by atoms with Crippen LogP contribution in [0.2, 0.25) is 0 Å². The minimum atomic E-state index is -0.419. The van der Waals surface area contributed by atoms with E-state index in [1.807, 2.05) is 66.7 Å². The van der Waals surface area contributed by atoms with Gasteiger partial charge in [-0.15, -0.1) is 0 Å². The molecule has 0 bridgehead atoms. The highest BCUT2D eigenvalue weighted by molar-refractivity contribution is 14.1. The van der Waals surface area contributed by atoms with Crippen LogP contribution in [-0.2, 0) is 4.79 Å². The molecule has 0 atom stereocenters. The molecule has 0 radical (unpaired) electrons. The smallest absolute Gasteiger partial charge is 0.259 e. The fraction of sp³-hybridized carbons (Fsp3) is 0.0455. The molecule has 0 saturated heterocycles. The van der Waals surface area contributed by atoms with Gasteiger partial charge in [0.1, 0.15) is 11.5 Å². The molecule has 0 spiro atoms. The Morgan fingerprint density at radius 1 is 0.931 bits per heavy atom. The topological polar surface area (TPSA) is 79.8 Å². The molecule has 29 heavy (non-hydrogen) atoms. The Hall–Kier alpha value is -3.20. The first-order valence-electron chi connectivity index (χ1n) is 8.79. The summed E-state index contributed by atoms with van der Waals surface area (Å²) in [5.41, 5.74) is 3.69. The lowest BCUT2D eigenvalue weighted by molar-refractivity contribution is -0.120. The number of hydrazone groups is 1. The lowest BCUT2D eigenvalue weighted by Gasteiger charge is -2.06. The monoisotopic (exact) mass is 499 g/mol. The average Bonchev–Trinajstić information content (AvgIpc) is 2.73. The highest BCUT2D eigenvalue weighted by Gasteiger charge is 2.10. The number of carbonyl (C=O) groups is 2. The van der Waals surface area contributed by atoms with E-state index < -0.39 is 5.91 Å². The van der Waals surface area contributed by atoms with Gasteiger partial charge in [-0.25, -0.2) is 5.43 Å². The molecule has 0 saturated carbocycles. The van der Waals surface area contributed by atoms with Crippen molar-refractivity contribution in [2.75, 3.05) is 6.54 Å². The van der Waals surface area contributed by atoms with E-state index in [1.54, 1.807) is 12.1 Å². The SMILES string of the molecule is O=C(CNC(=O)c1ccccc1I)NN=Cc1cccc(Oc2ccccc2)c1. The van der Waals surface area contributed by atoms with E-state index in [4.69, 9.17) is 4.74 Å². The Bertz CT molecular complexity index is 1020. The number of para-hydroxylation sites is 1. The van der Waals surface area contributed by atoms with Gasteiger partial charge in [-0.1, -0.05) is 42.5 Å². The van der Waals surface area contributed by atoms with Gasteiger partial charge in [0, 0.05) is 3.57 Å². The number of nitrogens with one attached hydrogen (secondary N) is 2. The molecular formula is C22H18IN3O3. The summed E-state index contributed by atoms with van der Waals surface area (Å²) in [6, 6.07) is 23.9. The van der Waals surface area contributed by atoms with Gasteiger partial charge in [0.15, 0.2) is 0 Å². The van der Waals surface area contributed by atoms with Crippen molar-refractivity contribution in [3.63, 3.8) is 0 Å². The number of nitrogens with zero attached hydrogens (tertiary/aromatic N) is 1. The summed E-state index contributed by atoms with van der Waals surface area (Å²) in [5, 5.41) is 6.50. The van der Waals surface area contributed by atoms with Crippen molar-refractivity contribution in [3.8, 4) is 11.5 Å². The highest BCUT2D eigenvalue weighted by atomic mass is 127. The molecule has 0 aliphatic rings. The number of hydrogen-bond donors (Lipinski definition) is 2. The molecule has 3 aromatic carbocycles.